The molecule has 0 spiro atoms. The molecule has 8 heteroatoms. The van der Waals surface area contributed by atoms with E-state index in [1.54, 1.807) is 0 Å². The molecule has 0 amide bonds. The molecule has 3 aromatic carbocycles. The van der Waals surface area contributed by atoms with E-state index < -0.39 is 17.5 Å². The van der Waals surface area contributed by atoms with E-state index in [-0.39, 0.29) is 11.1 Å². The van der Waals surface area contributed by atoms with Crippen LogP contribution in [0.5, 0.6) is 5.75 Å². The number of hydrogen-bond donors (Lipinski definition) is 3. The largest absolute Gasteiger partial charge is 0.490 e. The molecule has 0 radical (unpaired) electrons. The maximum atomic E-state index is 15.3. The Balaban J connectivity index is 1.53. The molecule has 32 heavy (non-hydrogen) atoms. The van der Waals surface area contributed by atoms with Crippen molar-refractivity contribution in [3.8, 4) is 28.1 Å². The maximum Gasteiger partial charge on any atom is 0.142 e. The van der Waals surface area contributed by atoms with E-state index in [4.69, 9.17) is 4.74 Å². The number of aromatic amines is 1. The summed E-state index contributed by atoms with van der Waals surface area (Å²) in [4.78, 5) is 0. The van der Waals surface area contributed by atoms with Gasteiger partial charge in [0.25, 0.3) is 0 Å². The average molecular weight is 436 g/mol. The molecule has 1 aromatic heterocycles. The van der Waals surface area contributed by atoms with Gasteiger partial charge in [0, 0.05) is 41.2 Å². The SMILES string of the molecule is Fc1cc2[nH]nc(-c3ccc4c(c3)NCCO4)c2cc1-c1c(F)cc2c(c1F)CNCC2. The Hall–Kier alpha value is -3.52. The van der Waals surface area contributed by atoms with Crippen LogP contribution in [0.1, 0.15) is 11.1 Å². The number of fused-ring (bicyclic) bond motifs is 3. The smallest absolute Gasteiger partial charge is 0.142 e. The van der Waals surface area contributed by atoms with Gasteiger partial charge in [-0.25, -0.2) is 13.2 Å². The minimum Gasteiger partial charge on any atom is -0.490 e. The van der Waals surface area contributed by atoms with Gasteiger partial charge in [-0.15, -0.1) is 0 Å². The normalized spacial score (nSPS) is 15.1. The third kappa shape index (κ3) is 2.94. The molecule has 0 saturated heterocycles. The Kier molecular flexibility index (Phi) is 4.36. The van der Waals surface area contributed by atoms with Crippen LogP contribution in [0, 0.1) is 17.5 Å². The topological polar surface area (TPSA) is 62.0 Å². The van der Waals surface area contributed by atoms with E-state index >= 15 is 8.78 Å². The summed E-state index contributed by atoms with van der Waals surface area (Å²) in [6.07, 6.45) is 0.535. The maximum absolute atomic E-state index is 15.3. The highest BCUT2D eigenvalue weighted by molar-refractivity contribution is 5.96. The van der Waals surface area contributed by atoms with Gasteiger partial charge in [-0.1, -0.05) is 0 Å². The third-order valence-corrected chi connectivity index (χ3v) is 6.13. The number of rotatable bonds is 2. The number of hydrogen-bond acceptors (Lipinski definition) is 4. The lowest BCUT2D eigenvalue weighted by atomic mass is 9.92. The third-order valence-electron chi connectivity index (χ3n) is 6.13. The first-order valence-electron chi connectivity index (χ1n) is 10.5. The molecule has 5 nitrogen and oxygen atoms in total. The zero-order valence-corrected chi connectivity index (χ0v) is 17.0. The van der Waals surface area contributed by atoms with Crippen LogP contribution >= 0.6 is 0 Å². The first kappa shape index (κ1) is 19.2. The summed E-state index contributed by atoms with van der Waals surface area (Å²) in [5.74, 6) is -1.44. The van der Waals surface area contributed by atoms with Crippen LogP contribution in [0.3, 0.4) is 0 Å². The van der Waals surface area contributed by atoms with Crippen LogP contribution in [0.15, 0.2) is 36.4 Å². The predicted octanol–water partition coefficient (Wildman–Crippen LogP) is 4.76. The molecule has 0 unspecified atom stereocenters. The van der Waals surface area contributed by atoms with Crippen molar-refractivity contribution in [3.63, 3.8) is 0 Å². The van der Waals surface area contributed by atoms with Crippen LogP contribution in [-0.4, -0.2) is 29.9 Å². The van der Waals surface area contributed by atoms with Crippen molar-refractivity contribution in [2.45, 2.75) is 13.0 Å². The summed E-state index contributed by atoms with van der Waals surface area (Å²) in [5, 5.41) is 14.1. The molecule has 4 aromatic rings. The van der Waals surface area contributed by atoms with Crippen molar-refractivity contribution in [1.29, 1.82) is 0 Å². The van der Waals surface area contributed by atoms with Gasteiger partial charge in [-0.3, -0.25) is 5.10 Å². The van der Waals surface area contributed by atoms with Crippen LogP contribution in [0.2, 0.25) is 0 Å². The molecule has 0 fully saturated rings. The van der Waals surface area contributed by atoms with Crippen molar-refractivity contribution in [2.75, 3.05) is 25.0 Å². The molecular weight excluding hydrogens is 417 g/mol. The lowest BCUT2D eigenvalue weighted by molar-refractivity contribution is 0.323. The van der Waals surface area contributed by atoms with Crippen LogP contribution in [-0.2, 0) is 13.0 Å². The van der Waals surface area contributed by atoms with Crippen molar-refractivity contribution in [1.82, 2.24) is 15.5 Å². The number of nitrogens with one attached hydrogen (secondary N) is 3. The monoisotopic (exact) mass is 436 g/mol. The van der Waals surface area contributed by atoms with Gasteiger partial charge in [0.1, 0.15) is 29.8 Å². The highest BCUT2D eigenvalue weighted by atomic mass is 19.1. The molecular formula is C24H19F3N4O. The quantitative estimate of drug-likeness (QED) is 0.424. The van der Waals surface area contributed by atoms with Gasteiger partial charge < -0.3 is 15.4 Å². The van der Waals surface area contributed by atoms with Gasteiger partial charge in [-0.2, -0.15) is 5.10 Å². The molecule has 2 aliphatic heterocycles. The summed E-state index contributed by atoms with van der Waals surface area (Å²) < 4.78 is 50.9. The second-order valence-corrected chi connectivity index (χ2v) is 8.05. The van der Waals surface area contributed by atoms with E-state index in [1.165, 1.54) is 18.2 Å². The first-order chi connectivity index (χ1) is 15.6. The average Bonchev–Trinajstić information content (AvgIpc) is 3.21. The minimum atomic E-state index is -0.762. The number of nitrogens with zero attached hydrogens (tertiary/aromatic N) is 1. The standard InChI is InChI=1S/C24H19F3N4O/c25-17-10-19-15(24(31-30-19)13-1-2-21-20(8-13)29-5-6-32-21)9-14(17)22-18(26)7-12-3-4-28-11-16(12)23(22)27/h1-2,7-10,28-29H,3-6,11H2,(H,30,31). The molecule has 0 atom stereocenters. The molecule has 0 aliphatic carbocycles. The van der Waals surface area contributed by atoms with Gasteiger partial charge in [0.05, 0.1) is 22.5 Å². The lowest BCUT2D eigenvalue weighted by Gasteiger charge is -2.20. The lowest BCUT2D eigenvalue weighted by Crippen LogP contribution is -2.25. The van der Waals surface area contributed by atoms with E-state index in [2.05, 4.69) is 20.8 Å². The van der Waals surface area contributed by atoms with Crippen molar-refractivity contribution < 1.29 is 17.9 Å². The number of halogens is 3. The van der Waals surface area contributed by atoms with Gasteiger partial charge in [0.15, 0.2) is 0 Å². The Morgan fingerprint density at radius 1 is 0.969 bits per heavy atom. The van der Waals surface area contributed by atoms with Crippen molar-refractivity contribution in [2.24, 2.45) is 0 Å². The van der Waals surface area contributed by atoms with Crippen molar-refractivity contribution >= 4 is 16.6 Å². The zero-order valence-electron chi connectivity index (χ0n) is 17.0. The second kappa shape index (κ2) is 7.27. The Morgan fingerprint density at radius 2 is 1.88 bits per heavy atom. The highest BCUT2D eigenvalue weighted by Gasteiger charge is 2.25. The molecule has 6 rings (SSSR count). The summed E-state index contributed by atoms with van der Waals surface area (Å²) in [5.41, 5.74) is 3.17. The van der Waals surface area contributed by atoms with E-state index in [0.717, 1.165) is 17.0 Å². The van der Waals surface area contributed by atoms with Crippen LogP contribution in [0.25, 0.3) is 33.3 Å². The molecule has 0 saturated carbocycles. The fraction of sp³-hybridized carbons (Fsp3) is 0.208. The van der Waals surface area contributed by atoms with Crippen LogP contribution in [0.4, 0.5) is 18.9 Å². The first-order valence-corrected chi connectivity index (χ1v) is 10.5. The summed E-state index contributed by atoms with van der Waals surface area (Å²) in [7, 11) is 0. The fourth-order valence-electron chi connectivity index (χ4n) is 4.54. The number of benzene rings is 3. The summed E-state index contributed by atoms with van der Waals surface area (Å²) >= 11 is 0. The molecule has 3 N–H and O–H groups in total. The van der Waals surface area contributed by atoms with E-state index in [1.807, 2.05) is 18.2 Å². The number of ether oxygens (including phenoxy) is 1. The van der Waals surface area contributed by atoms with E-state index in [9.17, 15) is 4.39 Å². The fourth-order valence-corrected chi connectivity index (χ4v) is 4.54. The molecule has 3 heterocycles. The number of H-pyrrole nitrogens is 1. The van der Waals surface area contributed by atoms with Gasteiger partial charge in [-0.05, 0) is 48.9 Å². The number of aromatic nitrogens is 2. The molecule has 0 bridgehead atoms. The predicted molar refractivity (Wildman–Crippen MR) is 116 cm³/mol. The van der Waals surface area contributed by atoms with E-state index in [0.29, 0.717) is 60.4 Å². The summed E-state index contributed by atoms with van der Waals surface area (Å²) in [6.45, 7) is 2.23. The Labute approximate surface area is 181 Å². The van der Waals surface area contributed by atoms with Crippen LogP contribution < -0.4 is 15.4 Å². The zero-order chi connectivity index (χ0) is 21.8. The van der Waals surface area contributed by atoms with Gasteiger partial charge >= 0.3 is 0 Å². The minimum absolute atomic E-state index is 0.122. The Morgan fingerprint density at radius 3 is 2.78 bits per heavy atom. The van der Waals surface area contributed by atoms with Crippen molar-refractivity contribution in [3.05, 3.63) is 65.0 Å². The van der Waals surface area contributed by atoms with Gasteiger partial charge in [0.2, 0.25) is 0 Å². The Bertz CT molecular complexity index is 1380. The second-order valence-electron chi connectivity index (χ2n) is 8.05. The molecule has 2 aliphatic rings. The molecule has 162 valence electrons. The highest BCUT2D eigenvalue weighted by Crippen LogP contribution is 2.38. The number of anilines is 1. The summed E-state index contributed by atoms with van der Waals surface area (Å²) in [6, 6.07) is 9.63.